The maximum Gasteiger partial charge on any atom is 0.0294 e. The molecule has 0 heterocycles. The van der Waals surface area contributed by atoms with Gasteiger partial charge in [0.1, 0.15) is 0 Å². The number of hydrogen-bond donors (Lipinski definition) is 1. The van der Waals surface area contributed by atoms with E-state index in [9.17, 15) is 4.21 Å². The molecule has 0 saturated carbocycles. The van der Waals surface area contributed by atoms with Gasteiger partial charge >= 0.3 is 0 Å². The fraction of sp³-hybridized carbons (Fsp3) is 0.571. The van der Waals surface area contributed by atoms with Crippen LogP contribution in [0, 0.1) is 0 Å². The summed E-state index contributed by atoms with van der Waals surface area (Å²) in [6, 6.07) is 9.39. The molecule has 0 aliphatic rings. The van der Waals surface area contributed by atoms with Crippen LogP contribution >= 0.6 is 11.8 Å². The Morgan fingerprint density at radius 3 is 2.39 bits per heavy atom. The van der Waals surface area contributed by atoms with Crippen LogP contribution in [0.3, 0.4) is 0 Å². The normalized spacial score (nSPS) is 16.2. The molecular formula is C14H23NOS2. The second-order valence-electron chi connectivity index (χ2n) is 4.63. The molecule has 102 valence electrons. The lowest BCUT2D eigenvalue weighted by Crippen LogP contribution is -2.30. The molecule has 3 unspecified atom stereocenters. The van der Waals surface area contributed by atoms with E-state index in [4.69, 9.17) is 0 Å². The van der Waals surface area contributed by atoms with Gasteiger partial charge in [0.15, 0.2) is 0 Å². The van der Waals surface area contributed by atoms with E-state index in [-0.39, 0.29) is 0 Å². The van der Waals surface area contributed by atoms with Gasteiger partial charge in [-0.15, -0.1) is 11.8 Å². The largest absolute Gasteiger partial charge is 0.308 e. The highest BCUT2D eigenvalue weighted by molar-refractivity contribution is 7.98. The summed E-state index contributed by atoms with van der Waals surface area (Å²) in [6.07, 6.45) is 4.80. The molecule has 0 fully saturated rings. The Labute approximate surface area is 117 Å². The summed E-state index contributed by atoms with van der Waals surface area (Å²) < 4.78 is 11.1. The zero-order chi connectivity index (χ0) is 13.5. The smallest absolute Gasteiger partial charge is 0.0294 e. The number of benzene rings is 1. The third-order valence-corrected chi connectivity index (χ3v) is 4.54. The van der Waals surface area contributed by atoms with Gasteiger partial charge in [0.05, 0.1) is 0 Å². The molecule has 18 heavy (non-hydrogen) atoms. The van der Waals surface area contributed by atoms with E-state index < -0.39 is 10.8 Å². The van der Waals surface area contributed by atoms with Crippen LogP contribution in [0.1, 0.15) is 31.9 Å². The summed E-state index contributed by atoms with van der Waals surface area (Å²) in [5, 5.41) is 3.55. The van der Waals surface area contributed by atoms with Crippen LogP contribution in [-0.2, 0) is 10.8 Å². The maximum atomic E-state index is 11.1. The van der Waals surface area contributed by atoms with E-state index in [1.165, 1.54) is 10.5 Å². The zero-order valence-electron chi connectivity index (χ0n) is 11.6. The van der Waals surface area contributed by atoms with Crippen molar-refractivity contribution in [2.24, 2.45) is 0 Å². The molecule has 0 radical (unpaired) electrons. The van der Waals surface area contributed by atoms with Gasteiger partial charge < -0.3 is 5.32 Å². The van der Waals surface area contributed by atoms with E-state index in [2.05, 4.69) is 49.7 Å². The van der Waals surface area contributed by atoms with Crippen molar-refractivity contribution in [3.05, 3.63) is 29.8 Å². The standard InChI is InChI=1S/C14H23NOS2/c1-11(9-10-18(4)16)15-12(2)13-5-7-14(17-3)8-6-13/h5-8,11-12,15H,9-10H2,1-4H3. The average Bonchev–Trinajstić information content (AvgIpc) is 2.36. The van der Waals surface area contributed by atoms with Crippen molar-refractivity contribution in [2.45, 2.75) is 37.2 Å². The molecular weight excluding hydrogens is 262 g/mol. The summed E-state index contributed by atoms with van der Waals surface area (Å²) in [6.45, 7) is 4.33. The van der Waals surface area contributed by atoms with Crippen LogP contribution in [-0.4, -0.2) is 28.5 Å². The molecule has 1 rings (SSSR count). The van der Waals surface area contributed by atoms with Gasteiger partial charge in [-0.2, -0.15) is 0 Å². The average molecular weight is 285 g/mol. The molecule has 3 atom stereocenters. The fourth-order valence-corrected chi connectivity index (χ4v) is 2.94. The lowest BCUT2D eigenvalue weighted by atomic mass is 10.1. The van der Waals surface area contributed by atoms with E-state index in [1.54, 1.807) is 18.0 Å². The first kappa shape index (κ1) is 15.7. The van der Waals surface area contributed by atoms with Crippen molar-refractivity contribution in [1.82, 2.24) is 5.32 Å². The number of hydrogen-bond acceptors (Lipinski definition) is 3. The van der Waals surface area contributed by atoms with Gasteiger partial charge in [-0.3, -0.25) is 4.21 Å². The molecule has 4 heteroatoms. The maximum absolute atomic E-state index is 11.1. The molecule has 0 spiro atoms. The first-order valence-corrected chi connectivity index (χ1v) is 9.18. The Bertz CT molecular complexity index is 378. The molecule has 0 amide bonds. The highest BCUT2D eigenvalue weighted by Crippen LogP contribution is 2.19. The molecule has 2 nitrogen and oxygen atoms in total. The van der Waals surface area contributed by atoms with E-state index >= 15 is 0 Å². The topological polar surface area (TPSA) is 29.1 Å². The van der Waals surface area contributed by atoms with Crippen molar-refractivity contribution >= 4 is 22.6 Å². The van der Waals surface area contributed by atoms with Crippen LogP contribution in [0.4, 0.5) is 0 Å². The van der Waals surface area contributed by atoms with Gasteiger partial charge in [0, 0.05) is 39.8 Å². The lowest BCUT2D eigenvalue weighted by Gasteiger charge is -2.20. The first-order valence-electron chi connectivity index (χ1n) is 6.23. The predicted octanol–water partition coefficient (Wildman–Crippen LogP) is 3.22. The minimum absolute atomic E-state index is 0.334. The van der Waals surface area contributed by atoms with Gasteiger partial charge in [-0.1, -0.05) is 12.1 Å². The van der Waals surface area contributed by atoms with Crippen LogP contribution in [0.5, 0.6) is 0 Å². The predicted molar refractivity (Wildman–Crippen MR) is 82.8 cm³/mol. The Kier molecular flexibility index (Phi) is 6.97. The SMILES string of the molecule is CSc1ccc(C(C)NC(C)CCS(C)=O)cc1. The van der Waals surface area contributed by atoms with E-state index in [1.807, 2.05) is 0 Å². The van der Waals surface area contributed by atoms with Crippen molar-refractivity contribution in [2.75, 3.05) is 18.3 Å². The van der Waals surface area contributed by atoms with E-state index in [0.29, 0.717) is 12.1 Å². The van der Waals surface area contributed by atoms with Crippen molar-refractivity contribution < 1.29 is 4.21 Å². The lowest BCUT2D eigenvalue weighted by molar-refractivity contribution is 0.470. The summed E-state index contributed by atoms with van der Waals surface area (Å²) in [5.74, 6) is 0.770. The highest BCUT2D eigenvalue weighted by atomic mass is 32.2. The van der Waals surface area contributed by atoms with Gasteiger partial charge in [0.25, 0.3) is 0 Å². The van der Waals surface area contributed by atoms with Gasteiger partial charge in [0.2, 0.25) is 0 Å². The van der Waals surface area contributed by atoms with Gasteiger partial charge in [-0.05, 0) is 44.2 Å². The Balaban J connectivity index is 2.47. The Hall–Kier alpha value is -0.320. The summed E-state index contributed by atoms with van der Waals surface area (Å²) in [5.41, 5.74) is 1.30. The number of rotatable bonds is 7. The molecule has 1 aromatic carbocycles. The van der Waals surface area contributed by atoms with Gasteiger partial charge in [-0.25, -0.2) is 0 Å². The Morgan fingerprint density at radius 1 is 1.28 bits per heavy atom. The van der Waals surface area contributed by atoms with Crippen LogP contribution < -0.4 is 5.32 Å². The third kappa shape index (κ3) is 5.55. The van der Waals surface area contributed by atoms with Crippen molar-refractivity contribution in [3.63, 3.8) is 0 Å². The van der Waals surface area contributed by atoms with Crippen molar-refractivity contribution in [3.8, 4) is 0 Å². The van der Waals surface area contributed by atoms with Crippen LogP contribution in [0.2, 0.25) is 0 Å². The van der Waals surface area contributed by atoms with Crippen LogP contribution in [0.25, 0.3) is 0 Å². The third-order valence-electron chi connectivity index (χ3n) is 2.99. The minimum Gasteiger partial charge on any atom is -0.308 e. The quantitative estimate of drug-likeness (QED) is 0.780. The van der Waals surface area contributed by atoms with Crippen LogP contribution in [0.15, 0.2) is 29.2 Å². The first-order chi connectivity index (χ1) is 8.52. The second kappa shape index (κ2) is 7.97. The molecule has 0 saturated heterocycles. The highest BCUT2D eigenvalue weighted by Gasteiger charge is 2.09. The fourth-order valence-electron chi connectivity index (χ4n) is 1.84. The summed E-state index contributed by atoms with van der Waals surface area (Å²) in [7, 11) is -0.693. The molecule has 0 aromatic heterocycles. The molecule has 1 aromatic rings. The molecule has 0 bridgehead atoms. The summed E-state index contributed by atoms with van der Waals surface area (Å²) in [4.78, 5) is 1.29. The van der Waals surface area contributed by atoms with E-state index in [0.717, 1.165) is 12.2 Å². The zero-order valence-corrected chi connectivity index (χ0v) is 13.2. The molecule has 0 aliphatic heterocycles. The monoisotopic (exact) mass is 285 g/mol. The Morgan fingerprint density at radius 2 is 1.89 bits per heavy atom. The number of nitrogens with one attached hydrogen (secondary N) is 1. The van der Waals surface area contributed by atoms with Crippen molar-refractivity contribution in [1.29, 1.82) is 0 Å². The molecule has 1 N–H and O–H groups in total. The summed E-state index contributed by atoms with van der Waals surface area (Å²) >= 11 is 1.76. The minimum atomic E-state index is -0.693. The number of thioether (sulfide) groups is 1. The second-order valence-corrected chi connectivity index (χ2v) is 7.06. The molecule has 0 aliphatic carbocycles.